The smallest absolute Gasteiger partial charge is 0.293 e. The van der Waals surface area contributed by atoms with Gasteiger partial charge in [-0.1, -0.05) is 19.9 Å². The number of nitrogens with zero attached hydrogens (tertiary/aromatic N) is 4. The fourth-order valence-corrected chi connectivity index (χ4v) is 3.23. The Morgan fingerprint density at radius 1 is 1.28 bits per heavy atom. The zero-order valence-corrected chi connectivity index (χ0v) is 15.1. The summed E-state index contributed by atoms with van der Waals surface area (Å²) in [5.74, 6) is 0.505. The molecule has 0 fully saturated rings. The molecule has 0 N–H and O–H groups in total. The second-order valence-corrected chi connectivity index (χ2v) is 7.15. The van der Waals surface area contributed by atoms with E-state index in [1.165, 1.54) is 23.5 Å². The van der Waals surface area contributed by atoms with Gasteiger partial charge in [0.15, 0.2) is 5.82 Å². The number of hydrogen-bond donors (Lipinski definition) is 0. The molecular formula is C18H19FN4OS. The van der Waals surface area contributed by atoms with Gasteiger partial charge in [-0.15, -0.1) is 16.4 Å². The molecule has 25 heavy (non-hydrogen) atoms. The first-order valence-corrected chi connectivity index (χ1v) is 8.86. The lowest BCUT2D eigenvalue weighted by atomic mass is 10.2. The number of benzene rings is 1. The van der Waals surface area contributed by atoms with E-state index in [1.54, 1.807) is 28.8 Å². The van der Waals surface area contributed by atoms with E-state index in [0.717, 1.165) is 4.88 Å². The Bertz CT molecular complexity index is 856. The molecule has 7 heteroatoms. The fourth-order valence-electron chi connectivity index (χ4n) is 2.53. The van der Waals surface area contributed by atoms with Crippen LogP contribution in [0, 0.1) is 11.7 Å². The van der Waals surface area contributed by atoms with Crippen LogP contribution in [0.15, 0.2) is 41.8 Å². The van der Waals surface area contributed by atoms with Crippen molar-refractivity contribution in [2.24, 2.45) is 5.92 Å². The number of rotatable bonds is 5. The fraction of sp³-hybridized carbons (Fsp3) is 0.278. The molecule has 3 rings (SSSR count). The van der Waals surface area contributed by atoms with Crippen molar-refractivity contribution < 1.29 is 9.18 Å². The summed E-state index contributed by atoms with van der Waals surface area (Å²) in [4.78, 5) is 19.6. The number of carbonyl (C=O) groups is 1. The zero-order chi connectivity index (χ0) is 18.0. The molecule has 0 aliphatic heterocycles. The third-order valence-electron chi connectivity index (χ3n) is 3.60. The van der Waals surface area contributed by atoms with Crippen LogP contribution >= 0.6 is 11.3 Å². The van der Waals surface area contributed by atoms with Crippen molar-refractivity contribution in [1.29, 1.82) is 0 Å². The molecule has 130 valence electrons. The molecule has 1 amide bonds. The van der Waals surface area contributed by atoms with E-state index in [2.05, 4.69) is 10.1 Å². The molecular weight excluding hydrogens is 339 g/mol. The number of halogens is 1. The molecule has 0 spiro atoms. The Labute approximate surface area is 149 Å². The van der Waals surface area contributed by atoms with Gasteiger partial charge >= 0.3 is 0 Å². The molecule has 0 saturated carbocycles. The van der Waals surface area contributed by atoms with Crippen LogP contribution in [-0.2, 0) is 0 Å². The molecule has 0 unspecified atom stereocenters. The van der Waals surface area contributed by atoms with Crippen molar-refractivity contribution in [1.82, 2.24) is 19.7 Å². The third kappa shape index (κ3) is 3.76. The number of thiophene rings is 1. The Morgan fingerprint density at radius 3 is 2.60 bits per heavy atom. The predicted molar refractivity (Wildman–Crippen MR) is 96.4 cm³/mol. The number of carbonyl (C=O) groups excluding carboxylic acids is 1. The second kappa shape index (κ2) is 7.14. The summed E-state index contributed by atoms with van der Waals surface area (Å²) in [7, 11) is 1.74. The average molecular weight is 358 g/mol. The number of aromatic nitrogens is 3. The highest BCUT2D eigenvalue weighted by atomic mass is 32.1. The van der Waals surface area contributed by atoms with Crippen molar-refractivity contribution in [3.63, 3.8) is 0 Å². The molecule has 0 aliphatic carbocycles. The van der Waals surface area contributed by atoms with Crippen LogP contribution in [0.5, 0.6) is 0 Å². The maximum absolute atomic E-state index is 13.2. The predicted octanol–water partition coefficient (Wildman–Crippen LogP) is 3.86. The quantitative estimate of drug-likeness (QED) is 0.696. The van der Waals surface area contributed by atoms with E-state index in [9.17, 15) is 9.18 Å². The van der Waals surface area contributed by atoms with E-state index < -0.39 is 0 Å². The molecule has 5 nitrogen and oxygen atoms in total. The average Bonchev–Trinajstić information content (AvgIpc) is 3.23. The molecule has 3 aromatic rings. The van der Waals surface area contributed by atoms with Gasteiger partial charge in [-0.05, 0) is 41.6 Å². The van der Waals surface area contributed by atoms with Gasteiger partial charge in [0.05, 0.1) is 10.6 Å². The topological polar surface area (TPSA) is 51.0 Å². The Balaban J connectivity index is 2.03. The summed E-state index contributed by atoms with van der Waals surface area (Å²) < 4.78 is 14.8. The standard InChI is InChI=1S/C18H19FN4OS/c1-12(2)11-22(3)18(24)16-20-17(15-5-4-10-25-15)23(21-16)14-8-6-13(19)7-9-14/h4-10,12H,11H2,1-3H3. The minimum absolute atomic E-state index is 0.135. The van der Waals surface area contributed by atoms with Crippen LogP contribution in [-0.4, -0.2) is 39.2 Å². The lowest BCUT2D eigenvalue weighted by molar-refractivity contribution is 0.0767. The maximum atomic E-state index is 13.2. The lowest BCUT2D eigenvalue weighted by Crippen LogP contribution is -2.31. The minimum atomic E-state index is -0.325. The molecule has 2 heterocycles. The van der Waals surface area contributed by atoms with Gasteiger partial charge in [0, 0.05) is 13.6 Å². The molecule has 0 saturated heterocycles. The normalized spacial score (nSPS) is 11.1. The van der Waals surface area contributed by atoms with Crippen LogP contribution in [0.25, 0.3) is 16.4 Å². The van der Waals surface area contributed by atoms with Crippen LogP contribution in [0.3, 0.4) is 0 Å². The highest BCUT2D eigenvalue weighted by Crippen LogP contribution is 2.26. The van der Waals surface area contributed by atoms with Crippen LogP contribution in [0.1, 0.15) is 24.5 Å². The summed E-state index contributed by atoms with van der Waals surface area (Å²) in [6.45, 7) is 4.72. The summed E-state index contributed by atoms with van der Waals surface area (Å²) >= 11 is 1.51. The van der Waals surface area contributed by atoms with Crippen molar-refractivity contribution in [3.8, 4) is 16.4 Å². The number of hydrogen-bond acceptors (Lipinski definition) is 4. The van der Waals surface area contributed by atoms with Gasteiger partial charge in [-0.25, -0.2) is 14.1 Å². The molecule has 0 bridgehead atoms. The van der Waals surface area contributed by atoms with Crippen molar-refractivity contribution in [3.05, 3.63) is 53.4 Å². The molecule has 2 aromatic heterocycles. The van der Waals surface area contributed by atoms with Gasteiger partial charge in [-0.3, -0.25) is 4.79 Å². The first-order chi connectivity index (χ1) is 12.0. The van der Waals surface area contributed by atoms with Crippen molar-refractivity contribution in [2.45, 2.75) is 13.8 Å². The zero-order valence-electron chi connectivity index (χ0n) is 14.3. The van der Waals surface area contributed by atoms with E-state index in [4.69, 9.17) is 0 Å². The highest BCUT2D eigenvalue weighted by Gasteiger charge is 2.22. The maximum Gasteiger partial charge on any atom is 0.293 e. The molecule has 0 atom stereocenters. The van der Waals surface area contributed by atoms with Crippen LogP contribution < -0.4 is 0 Å². The van der Waals surface area contributed by atoms with E-state index >= 15 is 0 Å². The second-order valence-electron chi connectivity index (χ2n) is 6.20. The van der Waals surface area contributed by atoms with E-state index in [1.807, 2.05) is 31.4 Å². The Hall–Kier alpha value is -2.54. The first-order valence-electron chi connectivity index (χ1n) is 7.98. The number of amides is 1. The Kier molecular flexibility index (Phi) is 4.94. The molecule has 0 radical (unpaired) electrons. The summed E-state index contributed by atoms with van der Waals surface area (Å²) in [5.41, 5.74) is 0.655. The molecule has 0 aliphatic rings. The highest BCUT2D eigenvalue weighted by molar-refractivity contribution is 7.13. The van der Waals surface area contributed by atoms with Crippen LogP contribution in [0.4, 0.5) is 4.39 Å². The van der Waals surface area contributed by atoms with E-state index in [-0.39, 0.29) is 17.5 Å². The van der Waals surface area contributed by atoms with Crippen molar-refractivity contribution in [2.75, 3.05) is 13.6 Å². The van der Waals surface area contributed by atoms with Gasteiger partial charge in [-0.2, -0.15) is 0 Å². The van der Waals surface area contributed by atoms with Gasteiger partial charge < -0.3 is 4.90 Å². The lowest BCUT2D eigenvalue weighted by Gasteiger charge is -2.17. The summed E-state index contributed by atoms with van der Waals surface area (Å²) in [6.07, 6.45) is 0. The Morgan fingerprint density at radius 2 is 2.00 bits per heavy atom. The van der Waals surface area contributed by atoms with Crippen molar-refractivity contribution >= 4 is 17.2 Å². The van der Waals surface area contributed by atoms with Gasteiger partial charge in [0.25, 0.3) is 5.91 Å². The van der Waals surface area contributed by atoms with E-state index in [0.29, 0.717) is 24.0 Å². The first kappa shape index (κ1) is 17.3. The van der Waals surface area contributed by atoms with Gasteiger partial charge in [0.1, 0.15) is 5.82 Å². The third-order valence-corrected chi connectivity index (χ3v) is 4.46. The SMILES string of the molecule is CC(C)CN(C)C(=O)c1nc(-c2cccs2)n(-c2ccc(F)cc2)n1. The summed E-state index contributed by atoms with van der Waals surface area (Å²) in [6, 6.07) is 9.79. The minimum Gasteiger partial charge on any atom is -0.339 e. The van der Waals surface area contributed by atoms with Gasteiger partial charge in [0.2, 0.25) is 5.82 Å². The van der Waals surface area contributed by atoms with Crippen LogP contribution in [0.2, 0.25) is 0 Å². The monoisotopic (exact) mass is 358 g/mol. The summed E-state index contributed by atoms with van der Waals surface area (Å²) in [5, 5.41) is 6.33. The molecule has 1 aromatic carbocycles. The largest absolute Gasteiger partial charge is 0.339 e.